The number of thiocarbonyl (C=S) groups is 1. The Hall–Kier alpha value is -1.50. The maximum absolute atomic E-state index is 11.5. The number of rotatable bonds is 2. The zero-order valence-corrected chi connectivity index (χ0v) is 13.0. The summed E-state index contributed by atoms with van der Waals surface area (Å²) >= 11 is 5.27. The van der Waals surface area contributed by atoms with Gasteiger partial charge in [-0.3, -0.25) is 0 Å². The van der Waals surface area contributed by atoms with Crippen molar-refractivity contribution < 1.29 is 8.76 Å². The average Bonchev–Trinajstić information content (AvgIpc) is 2.77. The predicted molar refractivity (Wildman–Crippen MR) is 92.1 cm³/mol. The molecule has 1 fully saturated rings. The quantitative estimate of drug-likeness (QED) is 0.586. The highest BCUT2D eigenvalue weighted by atomic mass is 32.3. The second-order valence-corrected chi connectivity index (χ2v) is 7.98. The fraction of sp³-hybridized carbons (Fsp3) is 0.267. The minimum Gasteiger partial charge on any atom is -0.355 e. The van der Waals surface area contributed by atoms with Crippen molar-refractivity contribution in [2.24, 2.45) is 0 Å². The zero-order chi connectivity index (χ0) is 14.9. The highest BCUT2D eigenvalue weighted by Gasteiger charge is 2.38. The first-order valence-electron chi connectivity index (χ1n) is 6.80. The van der Waals surface area contributed by atoms with E-state index in [-0.39, 0.29) is 11.8 Å². The highest BCUT2D eigenvalue weighted by Crippen LogP contribution is 2.19. The summed E-state index contributed by atoms with van der Waals surface area (Å²) in [5.41, 5.74) is 0.911. The van der Waals surface area contributed by atoms with Crippen molar-refractivity contribution in [1.82, 2.24) is 5.32 Å². The second kappa shape index (κ2) is 5.71. The molecule has 0 aromatic heterocycles. The molecule has 1 unspecified atom stereocenters. The molecule has 4 nitrogen and oxygen atoms in total. The average molecular weight is 321 g/mol. The number of nitrogens with one attached hydrogen (secondary N) is 2. The third kappa shape index (κ3) is 3.58. The third-order valence-corrected chi connectivity index (χ3v) is 5.61. The van der Waals surface area contributed by atoms with Crippen LogP contribution >= 0.6 is 12.2 Å². The van der Waals surface area contributed by atoms with Gasteiger partial charge < -0.3 is 10.6 Å². The van der Waals surface area contributed by atoms with E-state index in [1.165, 1.54) is 5.39 Å². The van der Waals surface area contributed by atoms with Gasteiger partial charge in [0.2, 0.25) is 10.2 Å². The first-order valence-corrected chi connectivity index (χ1v) is 9.06. The predicted octanol–water partition coefficient (Wildman–Crippen LogP) is 2.87. The summed E-state index contributed by atoms with van der Waals surface area (Å²) in [6.07, 6.45) is 0.675. The van der Waals surface area contributed by atoms with Crippen LogP contribution in [0.15, 0.2) is 42.5 Å². The molecule has 0 spiro atoms. The van der Waals surface area contributed by atoms with Gasteiger partial charge in [-0.25, -0.2) is 0 Å². The van der Waals surface area contributed by atoms with E-state index in [1.54, 1.807) is 0 Å². The van der Waals surface area contributed by atoms with Gasteiger partial charge in [0, 0.05) is 12.1 Å². The van der Waals surface area contributed by atoms with E-state index >= 15 is 0 Å². The van der Waals surface area contributed by atoms with Gasteiger partial charge in [0.15, 0.2) is 10.9 Å². The largest absolute Gasteiger partial charge is 0.355 e. The molecule has 0 aliphatic carbocycles. The normalized spacial score (nSPS) is 24.9. The minimum atomic E-state index is -2.64. The van der Waals surface area contributed by atoms with Gasteiger partial charge in [-0.15, -0.1) is 0 Å². The van der Waals surface area contributed by atoms with Crippen LogP contribution in [0, 0.1) is 0 Å². The Morgan fingerprint density at radius 1 is 1.24 bits per heavy atom. The SMILES string of the molecule is O=[S+]1(O)CC[C@@H](NC(=S)Nc2ccc3ccccc3c2)C1. The van der Waals surface area contributed by atoms with E-state index < -0.39 is 10.2 Å². The Morgan fingerprint density at radius 3 is 2.71 bits per heavy atom. The molecule has 2 atom stereocenters. The number of hydrogen-bond acceptors (Lipinski definition) is 2. The van der Waals surface area contributed by atoms with Gasteiger partial charge in [0.1, 0.15) is 5.75 Å². The van der Waals surface area contributed by atoms with E-state index in [2.05, 4.69) is 22.8 Å². The van der Waals surface area contributed by atoms with E-state index in [1.807, 2.05) is 30.3 Å². The van der Waals surface area contributed by atoms with Crippen molar-refractivity contribution >= 4 is 44.0 Å². The van der Waals surface area contributed by atoms with Crippen molar-refractivity contribution in [3.05, 3.63) is 42.5 Å². The third-order valence-electron chi connectivity index (χ3n) is 3.59. The molecular weight excluding hydrogens is 304 g/mol. The van der Waals surface area contributed by atoms with E-state index in [9.17, 15) is 8.76 Å². The standard InChI is InChI=1S/C15H16N2O2S2/c18-21(19)8-7-14(10-21)17-15(20)16-13-6-5-11-3-1-2-4-12(11)9-13/h1-6,9,14H,7-8,10H2,(H2-,16,17,18,19,20)/p+1/t14-/m1/s1. The monoisotopic (exact) mass is 321 g/mol. The molecule has 6 heteroatoms. The Bertz CT molecular complexity index is 732. The molecule has 1 aliphatic rings. The lowest BCUT2D eigenvalue weighted by Gasteiger charge is -2.14. The molecule has 0 amide bonds. The van der Waals surface area contributed by atoms with Crippen molar-refractivity contribution in [3.8, 4) is 0 Å². The van der Waals surface area contributed by atoms with Gasteiger partial charge in [-0.05, 0) is 35.1 Å². The minimum absolute atomic E-state index is 0.0250. The highest BCUT2D eigenvalue weighted by molar-refractivity contribution is 7.98. The molecule has 1 heterocycles. The van der Waals surface area contributed by atoms with Crippen molar-refractivity contribution in [2.45, 2.75) is 12.5 Å². The van der Waals surface area contributed by atoms with Crippen LogP contribution in [0.4, 0.5) is 5.69 Å². The topological polar surface area (TPSA) is 61.4 Å². The first kappa shape index (κ1) is 14.4. The lowest BCUT2D eigenvalue weighted by molar-refractivity contribution is 0.502. The first-order chi connectivity index (χ1) is 10.0. The van der Waals surface area contributed by atoms with Gasteiger partial charge in [0.05, 0.1) is 6.04 Å². The lowest BCUT2D eigenvalue weighted by Crippen LogP contribution is -2.38. The zero-order valence-electron chi connectivity index (χ0n) is 11.4. The fourth-order valence-corrected chi connectivity index (χ4v) is 4.52. The molecule has 110 valence electrons. The summed E-state index contributed by atoms with van der Waals surface area (Å²) in [5.74, 6) is 0.621. The van der Waals surface area contributed by atoms with Crippen LogP contribution in [0.2, 0.25) is 0 Å². The molecule has 0 bridgehead atoms. The van der Waals surface area contributed by atoms with Gasteiger partial charge >= 0.3 is 0 Å². The van der Waals surface area contributed by atoms with Gasteiger partial charge in [0.25, 0.3) is 0 Å². The molecule has 0 radical (unpaired) electrons. The molecule has 21 heavy (non-hydrogen) atoms. The van der Waals surface area contributed by atoms with Crippen molar-refractivity contribution in [1.29, 1.82) is 0 Å². The maximum Gasteiger partial charge on any atom is 0.216 e. The van der Waals surface area contributed by atoms with Crippen LogP contribution in [-0.2, 0) is 14.4 Å². The smallest absolute Gasteiger partial charge is 0.216 e. The number of benzene rings is 2. The Labute approximate surface area is 130 Å². The second-order valence-electron chi connectivity index (χ2n) is 5.29. The number of hydrogen-bond donors (Lipinski definition) is 3. The summed E-state index contributed by atoms with van der Waals surface area (Å²) in [7, 11) is -2.64. The van der Waals surface area contributed by atoms with E-state index in [4.69, 9.17) is 12.2 Å². The van der Waals surface area contributed by atoms with Crippen LogP contribution in [0.25, 0.3) is 10.8 Å². The summed E-state index contributed by atoms with van der Waals surface area (Å²) in [4.78, 5) is 0. The van der Waals surface area contributed by atoms with Crippen molar-refractivity contribution in [2.75, 3.05) is 16.8 Å². The van der Waals surface area contributed by atoms with E-state index in [0.29, 0.717) is 17.3 Å². The summed E-state index contributed by atoms with van der Waals surface area (Å²) < 4.78 is 21.0. The Morgan fingerprint density at radius 2 is 2.00 bits per heavy atom. The molecular formula is C15H17N2O2S2+. The molecule has 3 rings (SSSR count). The molecule has 0 saturated carbocycles. The van der Waals surface area contributed by atoms with Crippen LogP contribution in [0.3, 0.4) is 0 Å². The fourth-order valence-electron chi connectivity index (χ4n) is 2.54. The molecule has 1 aliphatic heterocycles. The van der Waals surface area contributed by atoms with Gasteiger partial charge in [-0.1, -0.05) is 34.5 Å². The summed E-state index contributed by atoms with van der Waals surface area (Å²) in [6.45, 7) is 0. The lowest BCUT2D eigenvalue weighted by atomic mass is 10.1. The molecule has 1 saturated heterocycles. The number of fused-ring (bicyclic) bond motifs is 1. The Kier molecular flexibility index (Phi) is 3.93. The summed E-state index contributed by atoms with van der Waals surface area (Å²) in [5, 5.41) is 9.06. The molecule has 2 aromatic carbocycles. The maximum atomic E-state index is 11.5. The van der Waals surface area contributed by atoms with Crippen molar-refractivity contribution in [3.63, 3.8) is 0 Å². The molecule has 2 aromatic rings. The molecule has 3 N–H and O–H groups in total. The van der Waals surface area contributed by atoms with Crippen LogP contribution in [0.5, 0.6) is 0 Å². The summed E-state index contributed by atoms with van der Waals surface area (Å²) in [6, 6.07) is 14.1. The van der Waals surface area contributed by atoms with E-state index in [0.717, 1.165) is 11.1 Å². The van der Waals surface area contributed by atoms with Crippen LogP contribution in [0.1, 0.15) is 6.42 Å². The number of anilines is 1. The van der Waals surface area contributed by atoms with Crippen LogP contribution < -0.4 is 10.6 Å². The van der Waals surface area contributed by atoms with Crippen LogP contribution in [-0.4, -0.2) is 27.2 Å². The Balaban J connectivity index is 1.65. The van der Waals surface area contributed by atoms with Gasteiger partial charge in [-0.2, -0.15) is 4.55 Å².